The van der Waals surface area contributed by atoms with Crippen molar-refractivity contribution in [3.05, 3.63) is 39.1 Å². The molecule has 0 aromatic carbocycles. The van der Waals surface area contributed by atoms with Crippen LogP contribution in [0.25, 0.3) is 15.9 Å². The summed E-state index contributed by atoms with van der Waals surface area (Å²) in [4.78, 5) is 11.2. The maximum Gasteiger partial charge on any atom is 0.417 e. The number of thiophene rings is 1. The van der Waals surface area contributed by atoms with Crippen molar-refractivity contribution < 1.29 is 13.2 Å². The minimum atomic E-state index is -4.52. The molecule has 0 saturated carbocycles. The molecule has 0 aliphatic heterocycles. The second kappa shape index (κ2) is 7.24. The van der Waals surface area contributed by atoms with E-state index in [1.165, 1.54) is 26.6 Å². The third kappa shape index (κ3) is 3.38. The number of anilines is 1. The van der Waals surface area contributed by atoms with E-state index in [4.69, 9.17) is 17.3 Å². The van der Waals surface area contributed by atoms with Crippen LogP contribution in [0.15, 0.2) is 17.4 Å². The van der Waals surface area contributed by atoms with Gasteiger partial charge in [-0.25, -0.2) is 9.97 Å². The number of thioether (sulfide) groups is 1. The van der Waals surface area contributed by atoms with Crippen LogP contribution in [-0.2, 0) is 24.8 Å². The molecule has 156 valence electrons. The van der Waals surface area contributed by atoms with Gasteiger partial charge in [-0.2, -0.15) is 13.2 Å². The minimum absolute atomic E-state index is 0.116. The van der Waals surface area contributed by atoms with Crippen molar-refractivity contribution in [2.75, 3.05) is 5.73 Å². The number of fused-ring (bicyclic) bond motifs is 4. The Hall–Kier alpha value is -2.11. The monoisotopic (exact) mass is 470 g/mol. The topological polar surface area (TPSA) is 82.0 Å². The molecular weight excluding hydrogens is 457 g/mol. The van der Waals surface area contributed by atoms with Gasteiger partial charge in [-0.15, -0.1) is 21.5 Å². The van der Waals surface area contributed by atoms with Gasteiger partial charge in [0, 0.05) is 11.1 Å². The van der Waals surface area contributed by atoms with E-state index in [0.29, 0.717) is 11.6 Å². The Morgan fingerprint density at radius 3 is 2.80 bits per heavy atom. The number of nitrogen functional groups attached to an aromatic ring is 1. The van der Waals surface area contributed by atoms with E-state index in [2.05, 4.69) is 20.2 Å². The lowest BCUT2D eigenvalue weighted by Crippen LogP contribution is -2.07. The predicted molar refractivity (Wildman–Crippen MR) is 111 cm³/mol. The number of nitrogens with two attached hydrogens (primary N) is 1. The number of aryl methyl sites for hydroxylation is 2. The van der Waals surface area contributed by atoms with Gasteiger partial charge < -0.3 is 5.73 Å². The van der Waals surface area contributed by atoms with Crippen molar-refractivity contribution >= 4 is 56.4 Å². The molecule has 1 aliphatic rings. The molecule has 0 amide bonds. The van der Waals surface area contributed by atoms with Crippen LogP contribution in [0.2, 0.25) is 5.02 Å². The van der Waals surface area contributed by atoms with E-state index in [0.717, 1.165) is 48.2 Å². The second-order valence-electron chi connectivity index (χ2n) is 6.96. The molecule has 0 radical (unpaired) electrons. The van der Waals surface area contributed by atoms with Gasteiger partial charge in [0.1, 0.15) is 16.5 Å². The molecule has 4 aromatic rings. The predicted octanol–water partition coefficient (Wildman–Crippen LogP) is 5.16. The molecule has 1 aliphatic carbocycles. The summed E-state index contributed by atoms with van der Waals surface area (Å²) in [5.41, 5.74) is 6.78. The standard InChI is InChI=1S/C18H14ClF3N6S2/c19-10-5-8(18(20,21)22)6-28-15(10)26-27-17(28)29-7-12-24-14(23)13-9-3-1-2-4-11(9)30-16(13)25-12/h5-6H,1-4,7H2,(H2,23,24,25). The zero-order valence-electron chi connectivity index (χ0n) is 15.3. The van der Waals surface area contributed by atoms with E-state index in [9.17, 15) is 13.2 Å². The number of nitrogens with zero attached hydrogens (tertiary/aromatic N) is 5. The van der Waals surface area contributed by atoms with Gasteiger partial charge in [0.25, 0.3) is 0 Å². The summed E-state index contributed by atoms with van der Waals surface area (Å²) in [5.74, 6) is 1.24. The normalized spacial score (nSPS) is 14.5. The summed E-state index contributed by atoms with van der Waals surface area (Å²) in [6, 6.07) is 0.844. The number of halogens is 4. The Morgan fingerprint density at radius 2 is 2.00 bits per heavy atom. The number of hydrogen-bond donors (Lipinski definition) is 1. The SMILES string of the molecule is Nc1nc(CSc2nnc3c(Cl)cc(C(F)(F)F)cn23)nc2sc3c(c12)CCCC3. The van der Waals surface area contributed by atoms with Crippen LogP contribution in [0.1, 0.15) is 34.7 Å². The number of hydrogen-bond acceptors (Lipinski definition) is 7. The molecule has 4 aromatic heterocycles. The maximum atomic E-state index is 13.1. The molecule has 2 N–H and O–H groups in total. The average molecular weight is 471 g/mol. The van der Waals surface area contributed by atoms with Crippen LogP contribution >= 0.6 is 34.7 Å². The van der Waals surface area contributed by atoms with Crippen molar-refractivity contribution in [1.29, 1.82) is 0 Å². The van der Waals surface area contributed by atoms with E-state index in [-0.39, 0.29) is 21.6 Å². The molecule has 4 heterocycles. The molecule has 12 heteroatoms. The summed E-state index contributed by atoms with van der Waals surface area (Å²) in [5, 5.41) is 8.96. The van der Waals surface area contributed by atoms with Gasteiger partial charge in [0.05, 0.1) is 21.7 Å². The van der Waals surface area contributed by atoms with E-state index in [1.54, 1.807) is 11.3 Å². The largest absolute Gasteiger partial charge is 0.417 e. The third-order valence-corrected chi connectivity index (χ3v) is 7.38. The van der Waals surface area contributed by atoms with Crippen LogP contribution in [-0.4, -0.2) is 24.6 Å². The number of aromatic nitrogens is 5. The minimum Gasteiger partial charge on any atom is -0.383 e. The summed E-state index contributed by atoms with van der Waals surface area (Å²) in [6.07, 6.45) is 0.746. The molecule has 5 rings (SSSR count). The smallest absolute Gasteiger partial charge is 0.383 e. The fourth-order valence-corrected chi connectivity index (χ4v) is 5.91. The highest BCUT2D eigenvalue weighted by atomic mass is 35.5. The first kappa shape index (κ1) is 19.8. The Balaban J connectivity index is 1.47. The molecule has 0 spiro atoms. The fraction of sp³-hybridized carbons (Fsp3) is 0.333. The van der Waals surface area contributed by atoms with Crippen molar-refractivity contribution in [2.45, 2.75) is 42.8 Å². The highest BCUT2D eigenvalue weighted by Gasteiger charge is 2.32. The Bertz CT molecular complexity index is 1280. The molecule has 0 saturated heterocycles. The van der Waals surface area contributed by atoms with Gasteiger partial charge in [-0.3, -0.25) is 4.40 Å². The van der Waals surface area contributed by atoms with Gasteiger partial charge in [-0.05, 0) is 37.3 Å². The fourth-order valence-electron chi connectivity index (χ4n) is 3.61. The number of alkyl halides is 3. The molecule has 0 fully saturated rings. The first-order chi connectivity index (χ1) is 14.3. The van der Waals surface area contributed by atoms with E-state index < -0.39 is 11.7 Å². The molecule has 30 heavy (non-hydrogen) atoms. The van der Waals surface area contributed by atoms with Crippen molar-refractivity contribution in [1.82, 2.24) is 24.6 Å². The van der Waals surface area contributed by atoms with Crippen LogP contribution in [0, 0.1) is 0 Å². The van der Waals surface area contributed by atoms with Crippen LogP contribution in [0.3, 0.4) is 0 Å². The van der Waals surface area contributed by atoms with Gasteiger partial charge in [-0.1, -0.05) is 23.4 Å². The maximum absolute atomic E-state index is 13.1. The summed E-state index contributed by atoms with van der Waals surface area (Å²) in [7, 11) is 0. The van der Waals surface area contributed by atoms with Crippen LogP contribution < -0.4 is 5.73 Å². The highest BCUT2D eigenvalue weighted by Crippen LogP contribution is 2.38. The Kier molecular flexibility index (Phi) is 4.79. The first-order valence-corrected chi connectivity index (χ1v) is 11.3. The Morgan fingerprint density at radius 1 is 1.20 bits per heavy atom. The zero-order valence-corrected chi connectivity index (χ0v) is 17.7. The van der Waals surface area contributed by atoms with Gasteiger partial charge in [0.15, 0.2) is 10.8 Å². The summed E-state index contributed by atoms with van der Waals surface area (Å²) < 4.78 is 40.6. The molecule has 0 unspecified atom stereocenters. The van der Waals surface area contributed by atoms with E-state index >= 15 is 0 Å². The summed E-state index contributed by atoms with van der Waals surface area (Å²) >= 11 is 8.78. The number of pyridine rings is 1. The molecule has 6 nitrogen and oxygen atoms in total. The van der Waals surface area contributed by atoms with Gasteiger partial charge >= 0.3 is 6.18 Å². The Labute approximate surface area is 181 Å². The van der Waals surface area contributed by atoms with Crippen molar-refractivity contribution in [3.8, 4) is 0 Å². The van der Waals surface area contributed by atoms with E-state index in [1.807, 2.05) is 0 Å². The molecule has 0 bridgehead atoms. The van der Waals surface area contributed by atoms with Crippen LogP contribution in [0.4, 0.5) is 19.0 Å². The van der Waals surface area contributed by atoms with Crippen LogP contribution in [0.5, 0.6) is 0 Å². The molecular formula is C18H14ClF3N6S2. The number of rotatable bonds is 3. The third-order valence-electron chi connectivity index (χ3n) is 4.98. The molecule has 0 atom stereocenters. The van der Waals surface area contributed by atoms with Gasteiger partial charge in [0.2, 0.25) is 0 Å². The lowest BCUT2D eigenvalue weighted by atomic mass is 9.97. The summed E-state index contributed by atoms with van der Waals surface area (Å²) in [6.45, 7) is 0. The van der Waals surface area contributed by atoms with Crippen molar-refractivity contribution in [3.63, 3.8) is 0 Å². The average Bonchev–Trinajstić information content (AvgIpc) is 3.27. The quantitative estimate of drug-likeness (QED) is 0.416. The first-order valence-electron chi connectivity index (χ1n) is 9.12. The zero-order chi connectivity index (χ0) is 21.0. The second-order valence-corrected chi connectivity index (χ2v) is 9.39. The lowest BCUT2D eigenvalue weighted by Gasteiger charge is -2.10. The van der Waals surface area contributed by atoms with Crippen molar-refractivity contribution in [2.24, 2.45) is 0 Å². The highest BCUT2D eigenvalue weighted by molar-refractivity contribution is 7.98. The lowest BCUT2D eigenvalue weighted by molar-refractivity contribution is -0.137.